The Morgan fingerprint density at radius 3 is 2.71 bits per heavy atom. The largest absolute Gasteiger partial charge is 0.497 e. The van der Waals surface area contributed by atoms with Crippen LogP contribution >= 0.6 is 11.8 Å². The first-order valence-electron chi connectivity index (χ1n) is 11.7. The highest BCUT2D eigenvalue weighted by Crippen LogP contribution is 2.37. The lowest BCUT2D eigenvalue weighted by Crippen LogP contribution is -2.49. The van der Waals surface area contributed by atoms with Crippen molar-refractivity contribution in [2.75, 3.05) is 13.0 Å². The highest BCUT2D eigenvalue weighted by molar-refractivity contribution is 7.98. The molecule has 0 aliphatic heterocycles. The molecule has 0 N–H and O–H groups in total. The Hall–Kier alpha value is -3.17. The average Bonchev–Trinajstić information content (AvgIpc) is 3.40. The van der Waals surface area contributed by atoms with E-state index < -0.39 is 10.5 Å². The van der Waals surface area contributed by atoms with Gasteiger partial charge in [-0.15, -0.1) is 11.8 Å². The molecule has 0 radical (unpaired) electrons. The number of nitro groups is 1. The summed E-state index contributed by atoms with van der Waals surface area (Å²) in [6, 6.07) is 18.1. The molecule has 2 atom stereocenters. The van der Waals surface area contributed by atoms with Crippen molar-refractivity contribution in [3.63, 3.8) is 0 Å². The zero-order valence-corrected chi connectivity index (χ0v) is 20.6. The van der Waals surface area contributed by atoms with Gasteiger partial charge in [-0.2, -0.15) is 0 Å². The van der Waals surface area contributed by atoms with Gasteiger partial charge >= 0.3 is 5.82 Å². The molecule has 0 bridgehead atoms. The number of rotatable bonds is 11. The first-order valence-corrected chi connectivity index (χ1v) is 12.8. The summed E-state index contributed by atoms with van der Waals surface area (Å²) < 4.78 is 13.5. The van der Waals surface area contributed by atoms with Gasteiger partial charge in [0.15, 0.2) is 0 Å². The zero-order valence-electron chi connectivity index (χ0n) is 19.8. The van der Waals surface area contributed by atoms with E-state index in [1.807, 2.05) is 53.2 Å². The maximum atomic E-state index is 11.3. The zero-order chi connectivity index (χ0) is 24.5. The normalized spacial score (nSPS) is 20.2. The molecule has 35 heavy (non-hydrogen) atoms. The predicted octanol–water partition coefficient (Wildman–Crippen LogP) is 5.62. The molecule has 1 aliphatic rings. The number of imidazole rings is 1. The van der Waals surface area contributed by atoms with Crippen LogP contribution in [0.4, 0.5) is 5.82 Å². The molecule has 184 valence electrons. The standard InChI is InChI=1S/C26H30N4O4S/c1-33-23-12-10-22(11-13-23)17-35-20-27-18-26(29-15-25(28-19-29)30(31)32)14-6-5-9-24(26)34-16-21-7-3-2-4-8-21/h2-4,7-8,10-13,15,18-19,24H,5-6,9,14,16-17,20H2,1H3. The van der Waals surface area contributed by atoms with E-state index in [0.29, 0.717) is 12.5 Å². The SMILES string of the molecule is COc1ccc(CSCN=CC2(n3cnc([N+](=O)[O-])c3)CCCCC2OCc2ccccc2)cc1. The third kappa shape index (κ3) is 6.29. The summed E-state index contributed by atoms with van der Waals surface area (Å²) in [5.41, 5.74) is 1.68. The highest BCUT2D eigenvalue weighted by atomic mass is 32.2. The third-order valence-electron chi connectivity index (χ3n) is 6.29. The van der Waals surface area contributed by atoms with Crippen molar-refractivity contribution >= 4 is 23.8 Å². The molecule has 1 heterocycles. The molecule has 1 aromatic heterocycles. The van der Waals surface area contributed by atoms with Crippen LogP contribution in [0, 0.1) is 10.1 Å². The highest BCUT2D eigenvalue weighted by Gasteiger charge is 2.43. The number of aliphatic imine (C=N–C) groups is 1. The number of nitrogens with zero attached hydrogens (tertiary/aromatic N) is 4. The number of benzene rings is 2. The first-order chi connectivity index (χ1) is 17.1. The number of ether oxygens (including phenoxy) is 2. The number of hydrogen-bond acceptors (Lipinski definition) is 7. The van der Waals surface area contributed by atoms with E-state index >= 15 is 0 Å². The van der Waals surface area contributed by atoms with Gasteiger partial charge < -0.3 is 19.6 Å². The molecule has 0 saturated heterocycles. The van der Waals surface area contributed by atoms with Gasteiger partial charge in [-0.3, -0.25) is 9.56 Å². The second-order valence-electron chi connectivity index (χ2n) is 8.56. The molecule has 1 saturated carbocycles. The lowest BCUT2D eigenvalue weighted by atomic mass is 9.79. The van der Waals surface area contributed by atoms with Crippen LogP contribution in [0.2, 0.25) is 0 Å². The number of methoxy groups -OCH3 is 1. The molecule has 9 heteroatoms. The number of thioether (sulfide) groups is 1. The molecule has 8 nitrogen and oxygen atoms in total. The van der Waals surface area contributed by atoms with Crippen LogP contribution in [0.25, 0.3) is 0 Å². The fourth-order valence-electron chi connectivity index (χ4n) is 4.42. The van der Waals surface area contributed by atoms with E-state index in [4.69, 9.17) is 14.5 Å². The van der Waals surface area contributed by atoms with Gasteiger partial charge in [-0.25, -0.2) is 0 Å². The van der Waals surface area contributed by atoms with E-state index in [9.17, 15) is 10.1 Å². The van der Waals surface area contributed by atoms with Crippen LogP contribution < -0.4 is 4.74 Å². The Bertz CT molecular complexity index is 1120. The molecule has 4 rings (SSSR count). The average molecular weight is 495 g/mol. The van der Waals surface area contributed by atoms with Crippen LogP contribution in [-0.2, 0) is 22.6 Å². The lowest BCUT2D eigenvalue weighted by molar-refractivity contribution is -0.389. The molecule has 0 amide bonds. The monoisotopic (exact) mass is 494 g/mol. The maximum absolute atomic E-state index is 11.3. The Morgan fingerprint density at radius 1 is 1.20 bits per heavy atom. The minimum atomic E-state index is -0.616. The summed E-state index contributed by atoms with van der Waals surface area (Å²) in [6.45, 7) is 0.476. The Labute approximate surface area is 209 Å². The van der Waals surface area contributed by atoms with E-state index in [1.165, 1.54) is 11.8 Å². The van der Waals surface area contributed by atoms with E-state index in [-0.39, 0.29) is 11.9 Å². The van der Waals surface area contributed by atoms with Crippen LogP contribution in [-0.4, -0.2) is 39.8 Å². The van der Waals surface area contributed by atoms with Gasteiger partial charge in [0.05, 0.1) is 25.7 Å². The quantitative estimate of drug-likeness (QED) is 0.149. The molecular formula is C26H30N4O4S. The summed E-state index contributed by atoms with van der Waals surface area (Å²) in [5, 5.41) is 11.3. The van der Waals surface area contributed by atoms with E-state index in [1.54, 1.807) is 25.2 Å². The number of aromatic nitrogens is 2. The predicted molar refractivity (Wildman–Crippen MR) is 138 cm³/mol. The maximum Gasteiger partial charge on any atom is 0.381 e. The molecular weight excluding hydrogens is 464 g/mol. The minimum Gasteiger partial charge on any atom is -0.497 e. The van der Waals surface area contributed by atoms with Crippen molar-refractivity contribution in [1.29, 1.82) is 0 Å². The Kier molecular flexibility index (Phi) is 8.54. The second kappa shape index (κ2) is 12.0. The van der Waals surface area contributed by atoms with Crippen LogP contribution in [0.1, 0.15) is 36.8 Å². The summed E-state index contributed by atoms with van der Waals surface area (Å²) in [4.78, 5) is 19.6. The molecule has 1 fully saturated rings. The van der Waals surface area contributed by atoms with Crippen molar-refractivity contribution in [2.24, 2.45) is 4.99 Å². The van der Waals surface area contributed by atoms with Crippen molar-refractivity contribution in [1.82, 2.24) is 9.55 Å². The molecule has 2 aromatic carbocycles. The molecule has 0 spiro atoms. The Balaban J connectivity index is 1.50. The summed E-state index contributed by atoms with van der Waals surface area (Å²) in [7, 11) is 1.66. The first kappa shape index (κ1) is 24.9. The van der Waals surface area contributed by atoms with Gasteiger partial charge in [0.2, 0.25) is 6.33 Å². The van der Waals surface area contributed by atoms with Gasteiger partial charge in [0, 0.05) is 12.0 Å². The van der Waals surface area contributed by atoms with Crippen molar-refractivity contribution < 1.29 is 14.4 Å². The van der Waals surface area contributed by atoms with Gasteiger partial charge in [-0.05, 0) is 46.0 Å². The lowest BCUT2D eigenvalue weighted by Gasteiger charge is -2.41. The van der Waals surface area contributed by atoms with Crippen LogP contribution in [0.5, 0.6) is 5.75 Å². The van der Waals surface area contributed by atoms with E-state index in [2.05, 4.69) is 17.1 Å². The fraction of sp³-hybridized carbons (Fsp3) is 0.385. The number of hydrogen-bond donors (Lipinski definition) is 0. The van der Waals surface area contributed by atoms with Crippen LogP contribution in [0.3, 0.4) is 0 Å². The van der Waals surface area contributed by atoms with Crippen LogP contribution in [0.15, 0.2) is 72.1 Å². The molecule has 2 unspecified atom stereocenters. The third-order valence-corrected chi connectivity index (χ3v) is 7.16. The van der Waals surface area contributed by atoms with E-state index in [0.717, 1.165) is 42.7 Å². The van der Waals surface area contributed by atoms with Gasteiger partial charge in [0.25, 0.3) is 0 Å². The molecule has 1 aliphatic carbocycles. The smallest absolute Gasteiger partial charge is 0.381 e. The van der Waals surface area contributed by atoms with Crippen molar-refractivity contribution in [3.05, 3.63) is 88.4 Å². The Morgan fingerprint density at radius 2 is 2.00 bits per heavy atom. The van der Waals surface area contributed by atoms with Crippen molar-refractivity contribution in [3.8, 4) is 5.75 Å². The molecule has 3 aromatic rings. The van der Waals surface area contributed by atoms with Gasteiger partial charge in [-0.1, -0.05) is 55.3 Å². The fourth-order valence-corrected chi connectivity index (χ4v) is 5.12. The summed E-state index contributed by atoms with van der Waals surface area (Å²) >= 11 is 1.71. The summed E-state index contributed by atoms with van der Waals surface area (Å²) in [5.74, 6) is 2.08. The summed E-state index contributed by atoms with van der Waals surface area (Å²) in [6.07, 6.45) is 8.48. The second-order valence-corrected chi connectivity index (χ2v) is 9.51. The topological polar surface area (TPSA) is 91.8 Å². The minimum absolute atomic E-state index is 0.166. The van der Waals surface area contributed by atoms with Gasteiger partial charge in [0.1, 0.15) is 17.5 Å². The van der Waals surface area contributed by atoms with Crippen molar-refractivity contribution in [2.45, 2.75) is 49.7 Å².